The molecule has 1 aromatic carbocycles. The topological polar surface area (TPSA) is 43.1 Å². The van der Waals surface area contributed by atoms with Crippen molar-refractivity contribution in [2.45, 2.75) is 31.7 Å². The third kappa shape index (κ3) is 3.14. The molecule has 3 heteroatoms. The van der Waals surface area contributed by atoms with E-state index in [2.05, 4.69) is 22.9 Å². The first-order valence-corrected chi connectivity index (χ1v) is 5.93. The summed E-state index contributed by atoms with van der Waals surface area (Å²) >= 11 is 3.38. The molecular formula is C12H16BrNO. The van der Waals surface area contributed by atoms with Crippen molar-refractivity contribution in [1.29, 1.82) is 0 Å². The Hall–Kier alpha value is -0.670. The van der Waals surface area contributed by atoms with E-state index in [-0.39, 0.29) is 0 Å². The van der Waals surface area contributed by atoms with Crippen LogP contribution in [-0.4, -0.2) is 6.29 Å². The second kappa shape index (κ2) is 5.42. The van der Waals surface area contributed by atoms with Gasteiger partial charge in [-0.25, -0.2) is 0 Å². The highest BCUT2D eigenvalue weighted by atomic mass is 79.9. The van der Waals surface area contributed by atoms with Crippen LogP contribution in [0.15, 0.2) is 28.7 Å². The maximum Gasteiger partial charge on any atom is 0.144 e. The fourth-order valence-corrected chi connectivity index (χ4v) is 1.92. The molecular weight excluding hydrogens is 254 g/mol. The number of aldehydes is 1. The van der Waals surface area contributed by atoms with Crippen LogP contribution >= 0.6 is 15.9 Å². The van der Waals surface area contributed by atoms with Gasteiger partial charge in [-0.2, -0.15) is 0 Å². The second-order valence-corrected chi connectivity index (χ2v) is 4.69. The highest BCUT2D eigenvalue weighted by Crippen LogP contribution is 2.24. The number of benzene rings is 1. The lowest BCUT2D eigenvalue weighted by molar-refractivity contribution is -0.112. The minimum atomic E-state index is -0.834. The van der Waals surface area contributed by atoms with E-state index in [1.807, 2.05) is 24.3 Å². The number of unbranched alkanes of at least 4 members (excludes halogenated alkanes) is 1. The summed E-state index contributed by atoms with van der Waals surface area (Å²) in [5, 5.41) is 0. The highest BCUT2D eigenvalue weighted by Gasteiger charge is 2.25. The molecule has 0 bridgehead atoms. The Bertz CT molecular complexity index is 340. The molecule has 1 unspecified atom stereocenters. The quantitative estimate of drug-likeness (QED) is 0.836. The Morgan fingerprint density at radius 3 is 2.80 bits per heavy atom. The second-order valence-electron chi connectivity index (χ2n) is 3.77. The zero-order valence-electron chi connectivity index (χ0n) is 8.87. The molecule has 0 heterocycles. The summed E-state index contributed by atoms with van der Waals surface area (Å²) in [5.41, 5.74) is 6.13. The minimum Gasteiger partial charge on any atom is -0.316 e. The molecule has 0 aromatic heterocycles. The molecule has 1 rings (SSSR count). The van der Waals surface area contributed by atoms with Crippen molar-refractivity contribution in [2.75, 3.05) is 0 Å². The SMILES string of the molecule is CCCCC(N)(C=O)c1cccc(Br)c1. The first-order chi connectivity index (χ1) is 7.12. The average molecular weight is 270 g/mol. The Labute approximate surface area is 99.0 Å². The lowest BCUT2D eigenvalue weighted by atomic mass is 9.87. The highest BCUT2D eigenvalue weighted by molar-refractivity contribution is 9.10. The van der Waals surface area contributed by atoms with Crippen molar-refractivity contribution >= 4 is 22.2 Å². The van der Waals surface area contributed by atoms with E-state index in [0.29, 0.717) is 6.42 Å². The fraction of sp³-hybridized carbons (Fsp3) is 0.417. The zero-order chi connectivity index (χ0) is 11.3. The summed E-state index contributed by atoms with van der Waals surface area (Å²) in [4.78, 5) is 11.1. The minimum absolute atomic E-state index is 0.698. The van der Waals surface area contributed by atoms with Gasteiger partial charge in [-0.1, -0.05) is 47.8 Å². The Balaban J connectivity index is 2.94. The monoisotopic (exact) mass is 269 g/mol. The summed E-state index contributed by atoms with van der Waals surface area (Å²) in [6.07, 6.45) is 3.55. The molecule has 0 fully saturated rings. The smallest absolute Gasteiger partial charge is 0.144 e. The predicted molar refractivity (Wildman–Crippen MR) is 65.6 cm³/mol. The standard InChI is InChI=1S/C12H16BrNO/c1-2-3-7-12(14,9-15)10-5-4-6-11(13)8-10/h4-6,8-9H,2-3,7,14H2,1H3. The van der Waals surface area contributed by atoms with E-state index in [9.17, 15) is 4.79 Å². The predicted octanol–water partition coefficient (Wildman–Crippen LogP) is 2.99. The van der Waals surface area contributed by atoms with E-state index in [4.69, 9.17) is 5.73 Å². The summed E-state index contributed by atoms with van der Waals surface area (Å²) in [5.74, 6) is 0. The van der Waals surface area contributed by atoms with Crippen LogP contribution in [0.2, 0.25) is 0 Å². The van der Waals surface area contributed by atoms with Crippen LogP contribution in [0.1, 0.15) is 31.7 Å². The third-order valence-corrected chi connectivity index (χ3v) is 3.01. The van der Waals surface area contributed by atoms with E-state index >= 15 is 0 Å². The van der Waals surface area contributed by atoms with E-state index in [1.54, 1.807) is 0 Å². The molecule has 15 heavy (non-hydrogen) atoms. The Morgan fingerprint density at radius 2 is 2.27 bits per heavy atom. The Kier molecular flexibility index (Phi) is 4.48. The van der Waals surface area contributed by atoms with Gasteiger partial charge < -0.3 is 10.5 Å². The summed E-state index contributed by atoms with van der Waals surface area (Å²) < 4.78 is 0.952. The van der Waals surface area contributed by atoms with Crippen molar-refractivity contribution in [3.63, 3.8) is 0 Å². The molecule has 1 aromatic rings. The van der Waals surface area contributed by atoms with Crippen LogP contribution in [-0.2, 0) is 10.3 Å². The van der Waals surface area contributed by atoms with Gasteiger partial charge in [0, 0.05) is 4.47 Å². The van der Waals surface area contributed by atoms with Crippen LogP contribution in [0.3, 0.4) is 0 Å². The largest absolute Gasteiger partial charge is 0.316 e. The molecule has 0 spiro atoms. The normalized spacial score (nSPS) is 14.6. The van der Waals surface area contributed by atoms with E-state index in [1.165, 1.54) is 0 Å². The molecule has 2 nitrogen and oxygen atoms in total. The van der Waals surface area contributed by atoms with Gasteiger partial charge >= 0.3 is 0 Å². The molecule has 0 saturated heterocycles. The number of carbonyl (C=O) groups is 1. The van der Waals surface area contributed by atoms with E-state index < -0.39 is 5.54 Å². The van der Waals surface area contributed by atoms with Gasteiger partial charge in [0.2, 0.25) is 0 Å². The van der Waals surface area contributed by atoms with Gasteiger partial charge in [-0.05, 0) is 24.1 Å². The lowest BCUT2D eigenvalue weighted by Gasteiger charge is -2.23. The first-order valence-electron chi connectivity index (χ1n) is 5.13. The Morgan fingerprint density at radius 1 is 1.53 bits per heavy atom. The van der Waals surface area contributed by atoms with E-state index in [0.717, 1.165) is 29.2 Å². The number of hydrogen-bond acceptors (Lipinski definition) is 2. The van der Waals surface area contributed by atoms with Crippen molar-refractivity contribution in [3.8, 4) is 0 Å². The molecule has 0 saturated carbocycles. The average Bonchev–Trinajstić information content (AvgIpc) is 2.26. The first kappa shape index (κ1) is 12.4. The van der Waals surface area contributed by atoms with Gasteiger partial charge in [0.05, 0.1) is 5.54 Å². The molecule has 0 aliphatic heterocycles. The summed E-state index contributed by atoms with van der Waals surface area (Å²) in [7, 11) is 0. The van der Waals surface area contributed by atoms with Crippen molar-refractivity contribution < 1.29 is 4.79 Å². The molecule has 0 aliphatic carbocycles. The molecule has 82 valence electrons. The summed E-state index contributed by atoms with van der Waals surface area (Å²) in [6, 6.07) is 7.63. The number of carbonyl (C=O) groups excluding carboxylic acids is 1. The molecule has 0 aliphatic rings. The van der Waals surface area contributed by atoms with Crippen LogP contribution in [0.4, 0.5) is 0 Å². The van der Waals surface area contributed by atoms with Gasteiger partial charge in [0.1, 0.15) is 6.29 Å². The van der Waals surface area contributed by atoms with Crippen molar-refractivity contribution in [3.05, 3.63) is 34.3 Å². The zero-order valence-corrected chi connectivity index (χ0v) is 10.5. The van der Waals surface area contributed by atoms with Gasteiger partial charge in [0.15, 0.2) is 0 Å². The number of rotatable bonds is 5. The maximum atomic E-state index is 11.1. The molecule has 0 radical (unpaired) electrons. The van der Waals surface area contributed by atoms with Gasteiger partial charge in [-0.3, -0.25) is 0 Å². The van der Waals surface area contributed by atoms with Crippen molar-refractivity contribution in [2.24, 2.45) is 5.73 Å². The number of nitrogens with two attached hydrogens (primary N) is 1. The van der Waals surface area contributed by atoms with Crippen LogP contribution in [0.5, 0.6) is 0 Å². The van der Waals surface area contributed by atoms with Crippen molar-refractivity contribution in [1.82, 2.24) is 0 Å². The lowest BCUT2D eigenvalue weighted by Crippen LogP contribution is -2.38. The number of hydrogen-bond donors (Lipinski definition) is 1. The molecule has 1 atom stereocenters. The van der Waals surface area contributed by atoms with Gasteiger partial charge in [-0.15, -0.1) is 0 Å². The molecule has 2 N–H and O–H groups in total. The molecule has 0 amide bonds. The summed E-state index contributed by atoms with van der Waals surface area (Å²) in [6.45, 7) is 2.09. The number of halogens is 1. The van der Waals surface area contributed by atoms with Crippen LogP contribution in [0.25, 0.3) is 0 Å². The third-order valence-electron chi connectivity index (χ3n) is 2.52. The van der Waals surface area contributed by atoms with Crippen LogP contribution < -0.4 is 5.73 Å². The van der Waals surface area contributed by atoms with Crippen LogP contribution in [0, 0.1) is 0 Å². The van der Waals surface area contributed by atoms with Gasteiger partial charge in [0.25, 0.3) is 0 Å². The maximum absolute atomic E-state index is 11.1. The fourth-order valence-electron chi connectivity index (χ4n) is 1.52.